The Balaban J connectivity index is 1.59. The SMILES string of the molecule is COc1cccc([C@H](O)CN[C@@H]2COc3c(cccc3OC)C2)c1. The Kier molecular flexibility index (Phi) is 5.23. The van der Waals surface area contributed by atoms with Crippen LogP contribution in [-0.4, -0.2) is 38.5 Å². The first-order valence-electron chi connectivity index (χ1n) is 8.05. The second-order valence-corrected chi connectivity index (χ2v) is 5.86. The van der Waals surface area contributed by atoms with E-state index >= 15 is 0 Å². The minimum absolute atomic E-state index is 0.157. The molecule has 2 aromatic rings. The van der Waals surface area contributed by atoms with Crippen LogP contribution < -0.4 is 19.5 Å². The lowest BCUT2D eigenvalue weighted by molar-refractivity contribution is 0.156. The smallest absolute Gasteiger partial charge is 0.164 e. The Labute approximate surface area is 142 Å². The Bertz CT molecular complexity index is 689. The summed E-state index contributed by atoms with van der Waals surface area (Å²) in [5.41, 5.74) is 1.95. The summed E-state index contributed by atoms with van der Waals surface area (Å²) in [4.78, 5) is 0. The summed E-state index contributed by atoms with van der Waals surface area (Å²) in [6, 6.07) is 13.6. The van der Waals surface area contributed by atoms with E-state index in [4.69, 9.17) is 14.2 Å². The van der Waals surface area contributed by atoms with Crippen LogP contribution in [-0.2, 0) is 6.42 Å². The highest BCUT2D eigenvalue weighted by Crippen LogP contribution is 2.34. The molecular weight excluding hydrogens is 306 g/mol. The van der Waals surface area contributed by atoms with E-state index in [1.165, 1.54) is 0 Å². The van der Waals surface area contributed by atoms with E-state index < -0.39 is 6.10 Å². The molecule has 0 aromatic heterocycles. The van der Waals surface area contributed by atoms with Crippen LogP contribution in [0.1, 0.15) is 17.2 Å². The Morgan fingerprint density at radius 2 is 2.04 bits per heavy atom. The number of rotatable bonds is 6. The predicted molar refractivity (Wildman–Crippen MR) is 91.9 cm³/mol. The first-order valence-corrected chi connectivity index (χ1v) is 8.05. The van der Waals surface area contributed by atoms with Crippen LogP contribution in [0.15, 0.2) is 42.5 Å². The highest BCUT2D eigenvalue weighted by atomic mass is 16.5. The van der Waals surface area contributed by atoms with Gasteiger partial charge < -0.3 is 24.6 Å². The molecule has 1 aliphatic heterocycles. The van der Waals surface area contributed by atoms with E-state index in [2.05, 4.69) is 5.32 Å². The van der Waals surface area contributed by atoms with Crippen molar-refractivity contribution >= 4 is 0 Å². The first kappa shape index (κ1) is 16.6. The third-order valence-corrected chi connectivity index (χ3v) is 4.25. The molecule has 2 aromatic carbocycles. The maximum atomic E-state index is 10.4. The summed E-state index contributed by atoms with van der Waals surface area (Å²) < 4.78 is 16.4. The van der Waals surface area contributed by atoms with Gasteiger partial charge in [-0.05, 0) is 35.7 Å². The van der Waals surface area contributed by atoms with Crippen molar-refractivity contribution in [2.45, 2.75) is 18.6 Å². The van der Waals surface area contributed by atoms with Gasteiger partial charge in [-0.25, -0.2) is 0 Å². The van der Waals surface area contributed by atoms with Crippen LogP contribution in [0.4, 0.5) is 0 Å². The van der Waals surface area contributed by atoms with Crippen molar-refractivity contribution in [3.63, 3.8) is 0 Å². The number of fused-ring (bicyclic) bond motifs is 1. The topological polar surface area (TPSA) is 60.0 Å². The van der Waals surface area contributed by atoms with Crippen molar-refractivity contribution in [1.82, 2.24) is 5.32 Å². The lowest BCUT2D eigenvalue weighted by Crippen LogP contribution is -2.41. The molecule has 1 heterocycles. The van der Waals surface area contributed by atoms with Gasteiger partial charge in [-0.15, -0.1) is 0 Å². The molecule has 0 spiro atoms. The van der Waals surface area contributed by atoms with E-state index in [1.807, 2.05) is 42.5 Å². The molecule has 128 valence electrons. The molecule has 3 rings (SSSR count). The number of ether oxygens (including phenoxy) is 3. The van der Waals surface area contributed by atoms with Gasteiger partial charge in [0, 0.05) is 12.6 Å². The summed E-state index contributed by atoms with van der Waals surface area (Å²) in [5.74, 6) is 2.34. The molecule has 24 heavy (non-hydrogen) atoms. The Hall–Kier alpha value is -2.24. The molecule has 5 nitrogen and oxygen atoms in total. The summed E-state index contributed by atoms with van der Waals surface area (Å²) in [7, 11) is 3.27. The van der Waals surface area contributed by atoms with Gasteiger partial charge in [-0.2, -0.15) is 0 Å². The number of aliphatic hydroxyl groups is 1. The van der Waals surface area contributed by atoms with E-state index in [-0.39, 0.29) is 6.04 Å². The van der Waals surface area contributed by atoms with Crippen molar-refractivity contribution in [3.05, 3.63) is 53.6 Å². The summed E-state index contributed by atoms with van der Waals surface area (Å²) in [6.07, 6.45) is 0.254. The van der Waals surface area contributed by atoms with E-state index in [0.717, 1.165) is 34.8 Å². The Morgan fingerprint density at radius 3 is 2.83 bits per heavy atom. The van der Waals surface area contributed by atoms with Crippen molar-refractivity contribution in [2.24, 2.45) is 0 Å². The van der Waals surface area contributed by atoms with Crippen molar-refractivity contribution in [1.29, 1.82) is 0 Å². The Morgan fingerprint density at radius 1 is 1.21 bits per heavy atom. The fraction of sp³-hybridized carbons (Fsp3) is 0.368. The van der Waals surface area contributed by atoms with Crippen LogP contribution in [0.3, 0.4) is 0 Å². The van der Waals surface area contributed by atoms with Gasteiger partial charge in [0.05, 0.1) is 20.3 Å². The van der Waals surface area contributed by atoms with Crippen LogP contribution in [0.25, 0.3) is 0 Å². The second kappa shape index (κ2) is 7.55. The lowest BCUT2D eigenvalue weighted by Gasteiger charge is -2.28. The molecule has 0 unspecified atom stereocenters. The zero-order valence-electron chi connectivity index (χ0n) is 14.0. The minimum Gasteiger partial charge on any atom is -0.497 e. The number of hydrogen-bond acceptors (Lipinski definition) is 5. The van der Waals surface area contributed by atoms with Gasteiger partial charge in [0.1, 0.15) is 12.4 Å². The molecule has 0 bridgehead atoms. The largest absolute Gasteiger partial charge is 0.497 e. The van der Waals surface area contributed by atoms with Gasteiger partial charge >= 0.3 is 0 Å². The second-order valence-electron chi connectivity index (χ2n) is 5.86. The summed E-state index contributed by atoms with van der Waals surface area (Å²) in [5, 5.41) is 13.7. The highest BCUT2D eigenvalue weighted by molar-refractivity contribution is 5.48. The van der Waals surface area contributed by atoms with Crippen molar-refractivity contribution in [3.8, 4) is 17.2 Å². The molecule has 2 atom stereocenters. The fourth-order valence-corrected chi connectivity index (χ4v) is 2.93. The monoisotopic (exact) mass is 329 g/mol. The van der Waals surface area contributed by atoms with E-state index in [1.54, 1.807) is 14.2 Å². The molecule has 0 amide bonds. The standard InChI is InChI=1S/C19H23NO4/c1-22-16-7-3-5-13(10-16)17(21)11-20-15-9-14-6-4-8-18(23-2)19(14)24-12-15/h3-8,10,15,17,20-21H,9,11-12H2,1-2H3/t15-,17+/m0/s1. The summed E-state index contributed by atoms with van der Waals surface area (Å²) >= 11 is 0. The quantitative estimate of drug-likeness (QED) is 0.852. The third-order valence-electron chi connectivity index (χ3n) is 4.25. The molecule has 5 heteroatoms. The van der Waals surface area contributed by atoms with Gasteiger partial charge in [0.15, 0.2) is 11.5 Å². The number of hydrogen-bond donors (Lipinski definition) is 2. The zero-order valence-corrected chi connectivity index (χ0v) is 14.0. The van der Waals surface area contributed by atoms with Crippen LogP contribution in [0.2, 0.25) is 0 Å². The van der Waals surface area contributed by atoms with Crippen molar-refractivity contribution in [2.75, 3.05) is 27.4 Å². The number of nitrogens with one attached hydrogen (secondary N) is 1. The zero-order chi connectivity index (χ0) is 16.9. The molecule has 0 saturated heterocycles. The van der Waals surface area contributed by atoms with Crippen LogP contribution in [0, 0.1) is 0 Å². The average Bonchev–Trinajstić information content (AvgIpc) is 2.65. The van der Waals surface area contributed by atoms with Gasteiger partial charge in [0.25, 0.3) is 0 Å². The maximum Gasteiger partial charge on any atom is 0.164 e. The number of methoxy groups -OCH3 is 2. The molecule has 1 aliphatic rings. The van der Waals surface area contributed by atoms with Crippen LogP contribution in [0.5, 0.6) is 17.2 Å². The lowest BCUT2D eigenvalue weighted by atomic mass is 10.0. The van der Waals surface area contributed by atoms with E-state index in [9.17, 15) is 5.11 Å². The molecular formula is C19H23NO4. The average molecular weight is 329 g/mol. The van der Waals surface area contributed by atoms with Gasteiger partial charge in [0.2, 0.25) is 0 Å². The van der Waals surface area contributed by atoms with E-state index in [0.29, 0.717) is 13.2 Å². The minimum atomic E-state index is -0.591. The molecule has 0 fully saturated rings. The first-order chi connectivity index (χ1) is 11.7. The van der Waals surface area contributed by atoms with Crippen LogP contribution >= 0.6 is 0 Å². The van der Waals surface area contributed by atoms with Crippen molar-refractivity contribution < 1.29 is 19.3 Å². The number of benzene rings is 2. The molecule has 0 saturated carbocycles. The van der Waals surface area contributed by atoms with Gasteiger partial charge in [-0.3, -0.25) is 0 Å². The number of para-hydroxylation sites is 1. The maximum absolute atomic E-state index is 10.4. The molecule has 0 aliphatic carbocycles. The normalized spacial score (nSPS) is 17.5. The number of aliphatic hydroxyl groups excluding tert-OH is 1. The summed E-state index contributed by atoms with van der Waals surface area (Å²) in [6.45, 7) is 1.01. The highest BCUT2D eigenvalue weighted by Gasteiger charge is 2.23. The molecule has 2 N–H and O–H groups in total. The molecule has 0 radical (unpaired) electrons. The van der Waals surface area contributed by atoms with Gasteiger partial charge in [-0.1, -0.05) is 24.3 Å². The predicted octanol–water partition coefficient (Wildman–Crippen LogP) is 2.33. The third kappa shape index (κ3) is 3.63. The fourth-order valence-electron chi connectivity index (χ4n) is 2.93.